The number of hydrogen-bond acceptors (Lipinski definition) is 5. The van der Waals surface area contributed by atoms with Crippen molar-refractivity contribution in [2.75, 3.05) is 20.1 Å². The molecular formula is C23H27N3O2S. The van der Waals surface area contributed by atoms with E-state index in [2.05, 4.69) is 50.4 Å². The van der Waals surface area contributed by atoms with Gasteiger partial charge in [0.1, 0.15) is 5.76 Å². The standard InChI is InChI=1S/C23H27N3O2S/c1-24(10-17-6-8-29-16-17)13-19-4-5-22-20-9-18(12-26(22)23(19)27)11-25(14-20)15-21-3-2-7-28-21/h2-8,16,18,20H,9-15H2,1H3/t18-,20+/m0/s1. The number of nitrogens with zero attached hydrogens (tertiary/aromatic N) is 3. The number of thiophene rings is 1. The molecule has 1 saturated heterocycles. The maximum Gasteiger partial charge on any atom is 0.255 e. The van der Waals surface area contributed by atoms with Gasteiger partial charge >= 0.3 is 0 Å². The molecule has 0 unspecified atom stereocenters. The highest BCUT2D eigenvalue weighted by molar-refractivity contribution is 7.07. The zero-order chi connectivity index (χ0) is 19.8. The zero-order valence-corrected chi connectivity index (χ0v) is 17.6. The molecule has 29 heavy (non-hydrogen) atoms. The Bertz CT molecular complexity index is 1010. The molecule has 0 N–H and O–H groups in total. The van der Waals surface area contributed by atoms with Gasteiger partial charge in [-0.15, -0.1) is 0 Å². The number of hydrogen-bond donors (Lipinski definition) is 0. The molecule has 2 bridgehead atoms. The summed E-state index contributed by atoms with van der Waals surface area (Å²) in [6.07, 6.45) is 2.93. The SMILES string of the molecule is CN(Cc1ccsc1)Cc1ccc2n(c1=O)C[C@H]1C[C@@H]2CN(Cc2ccco2)C1. The summed E-state index contributed by atoms with van der Waals surface area (Å²) >= 11 is 1.72. The summed E-state index contributed by atoms with van der Waals surface area (Å²) in [6.45, 7) is 5.28. The normalized spacial score (nSPS) is 21.4. The van der Waals surface area contributed by atoms with Crippen LogP contribution in [0.25, 0.3) is 0 Å². The van der Waals surface area contributed by atoms with Crippen LogP contribution in [0.15, 0.2) is 56.6 Å². The molecule has 0 amide bonds. The molecule has 152 valence electrons. The highest BCUT2D eigenvalue weighted by Gasteiger charge is 2.35. The van der Waals surface area contributed by atoms with E-state index < -0.39 is 0 Å². The van der Waals surface area contributed by atoms with Gasteiger partial charge in [-0.25, -0.2) is 0 Å². The van der Waals surface area contributed by atoms with Crippen molar-refractivity contribution in [3.8, 4) is 0 Å². The van der Waals surface area contributed by atoms with Crippen molar-refractivity contribution in [2.45, 2.75) is 38.5 Å². The minimum absolute atomic E-state index is 0.203. The van der Waals surface area contributed by atoms with Gasteiger partial charge in [-0.05, 0) is 60.0 Å². The number of rotatable bonds is 6. The maximum atomic E-state index is 13.2. The third kappa shape index (κ3) is 3.97. The van der Waals surface area contributed by atoms with Crippen molar-refractivity contribution in [3.05, 3.63) is 80.3 Å². The van der Waals surface area contributed by atoms with Gasteiger partial charge in [0.05, 0.1) is 12.8 Å². The van der Waals surface area contributed by atoms with Crippen LogP contribution < -0.4 is 5.56 Å². The molecule has 0 aliphatic carbocycles. The van der Waals surface area contributed by atoms with E-state index in [4.69, 9.17) is 4.42 Å². The lowest BCUT2D eigenvalue weighted by Crippen LogP contribution is -2.47. The van der Waals surface area contributed by atoms with E-state index in [1.54, 1.807) is 17.6 Å². The smallest absolute Gasteiger partial charge is 0.255 e. The summed E-state index contributed by atoms with van der Waals surface area (Å²) in [6, 6.07) is 10.4. The van der Waals surface area contributed by atoms with Crippen LogP contribution in [0.5, 0.6) is 0 Å². The average molecular weight is 410 g/mol. The fourth-order valence-corrected chi connectivity index (χ4v) is 5.66. The van der Waals surface area contributed by atoms with E-state index in [0.717, 1.165) is 44.0 Å². The minimum atomic E-state index is 0.203. The van der Waals surface area contributed by atoms with Gasteiger partial charge < -0.3 is 8.98 Å². The molecular weight excluding hydrogens is 382 g/mol. The van der Waals surface area contributed by atoms with E-state index in [9.17, 15) is 4.79 Å². The van der Waals surface area contributed by atoms with Crippen LogP contribution >= 0.6 is 11.3 Å². The van der Waals surface area contributed by atoms with Crippen LogP contribution in [0, 0.1) is 5.92 Å². The number of furan rings is 1. The first-order chi connectivity index (χ1) is 14.2. The van der Waals surface area contributed by atoms with Crippen LogP contribution in [0.3, 0.4) is 0 Å². The largest absolute Gasteiger partial charge is 0.468 e. The second-order valence-electron chi connectivity index (χ2n) is 8.58. The summed E-state index contributed by atoms with van der Waals surface area (Å²) in [4.78, 5) is 17.9. The predicted octanol–water partition coefficient (Wildman–Crippen LogP) is 3.75. The summed E-state index contributed by atoms with van der Waals surface area (Å²) in [7, 11) is 2.09. The first kappa shape index (κ1) is 18.9. The minimum Gasteiger partial charge on any atom is -0.468 e. The van der Waals surface area contributed by atoms with Gasteiger partial charge in [0.15, 0.2) is 0 Å². The number of likely N-dealkylation sites (tertiary alicyclic amines) is 1. The van der Waals surface area contributed by atoms with E-state index >= 15 is 0 Å². The molecule has 6 heteroatoms. The molecule has 2 atom stereocenters. The molecule has 0 spiro atoms. The topological polar surface area (TPSA) is 41.6 Å². The Morgan fingerprint density at radius 1 is 1.17 bits per heavy atom. The fourth-order valence-electron chi connectivity index (χ4n) is 5.00. The number of fused-ring (bicyclic) bond motifs is 4. The maximum absolute atomic E-state index is 13.2. The number of piperidine rings is 1. The van der Waals surface area contributed by atoms with Crippen molar-refractivity contribution in [1.29, 1.82) is 0 Å². The van der Waals surface area contributed by atoms with E-state index in [-0.39, 0.29) is 5.56 Å². The number of aromatic nitrogens is 1. The molecule has 2 aliphatic rings. The third-order valence-corrected chi connectivity index (χ3v) is 6.92. The van der Waals surface area contributed by atoms with Crippen LogP contribution in [0.4, 0.5) is 0 Å². The van der Waals surface area contributed by atoms with E-state index in [0.29, 0.717) is 18.4 Å². The van der Waals surface area contributed by atoms with E-state index in [1.807, 2.05) is 12.1 Å². The highest BCUT2D eigenvalue weighted by atomic mass is 32.1. The van der Waals surface area contributed by atoms with Crippen molar-refractivity contribution in [2.24, 2.45) is 5.92 Å². The Kier molecular flexibility index (Phi) is 5.16. The lowest BCUT2D eigenvalue weighted by Gasteiger charge is -2.42. The predicted molar refractivity (Wildman–Crippen MR) is 115 cm³/mol. The van der Waals surface area contributed by atoms with Crippen LogP contribution in [-0.4, -0.2) is 34.5 Å². The molecule has 1 fully saturated rings. The lowest BCUT2D eigenvalue weighted by atomic mass is 9.83. The molecule has 0 aromatic carbocycles. The van der Waals surface area contributed by atoms with Crippen LogP contribution in [0.1, 0.15) is 34.9 Å². The van der Waals surface area contributed by atoms with Gasteiger partial charge in [0, 0.05) is 49.9 Å². The van der Waals surface area contributed by atoms with Gasteiger partial charge in [0.25, 0.3) is 5.56 Å². The van der Waals surface area contributed by atoms with Crippen molar-refractivity contribution in [1.82, 2.24) is 14.4 Å². The Hall–Kier alpha value is -2.15. The molecule has 3 aromatic rings. The van der Waals surface area contributed by atoms with Gasteiger partial charge in [-0.1, -0.05) is 6.07 Å². The Labute approximate surface area is 175 Å². The van der Waals surface area contributed by atoms with Gasteiger partial charge in [0.2, 0.25) is 0 Å². The third-order valence-electron chi connectivity index (χ3n) is 6.19. The number of pyridine rings is 1. The van der Waals surface area contributed by atoms with Gasteiger partial charge in [-0.2, -0.15) is 11.3 Å². The molecule has 2 aliphatic heterocycles. The summed E-state index contributed by atoms with van der Waals surface area (Å²) in [5.41, 5.74) is 3.62. The zero-order valence-electron chi connectivity index (χ0n) is 16.8. The fraction of sp³-hybridized carbons (Fsp3) is 0.435. The molecule has 5 nitrogen and oxygen atoms in total. The molecule has 0 saturated carbocycles. The van der Waals surface area contributed by atoms with Gasteiger partial charge in [-0.3, -0.25) is 14.6 Å². The summed E-state index contributed by atoms with van der Waals surface area (Å²) < 4.78 is 7.60. The monoisotopic (exact) mass is 409 g/mol. The Morgan fingerprint density at radius 2 is 2.10 bits per heavy atom. The second-order valence-corrected chi connectivity index (χ2v) is 9.36. The molecule has 5 heterocycles. The molecule has 0 radical (unpaired) electrons. The van der Waals surface area contributed by atoms with Crippen LogP contribution in [0.2, 0.25) is 0 Å². The lowest BCUT2D eigenvalue weighted by molar-refractivity contribution is 0.107. The second kappa shape index (κ2) is 7.94. The first-order valence-electron chi connectivity index (χ1n) is 10.3. The quantitative estimate of drug-likeness (QED) is 0.622. The average Bonchev–Trinajstić information content (AvgIpc) is 3.39. The Balaban J connectivity index is 1.32. The molecule has 5 rings (SSSR count). The van der Waals surface area contributed by atoms with Crippen molar-refractivity contribution >= 4 is 11.3 Å². The highest BCUT2D eigenvalue weighted by Crippen LogP contribution is 2.35. The summed E-state index contributed by atoms with van der Waals surface area (Å²) in [5, 5.41) is 4.27. The first-order valence-corrected chi connectivity index (χ1v) is 11.3. The van der Waals surface area contributed by atoms with Crippen LogP contribution in [-0.2, 0) is 26.2 Å². The summed E-state index contributed by atoms with van der Waals surface area (Å²) in [5.74, 6) is 1.99. The molecule has 3 aromatic heterocycles. The Morgan fingerprint density at radius 3 is 2.90 bits per heavy atom. The van der Waals surface area contributed by atoms with Crippen molar-refractivity contribution in [3.63, 3.8) is 0 Å². The van der Waals surface area contributed by atoms with E-state index in [1.165, 1.54) is 17.7 Å². The van der Waals surface area contributed by atoms with Crippen molar-refractivity contribution < 1.29 is 4.42 Å².